The van der Waals surface area contributed by atoms with Gasteiger partial charge in [0.15, 0.2) is 0 Å². The number of nitrogens with zero attached hydrogens (tertiary/aromatic N) is 2. The molecule has 132 valence electrons. The van der Waals surface area contributed by atoms with Crippen molar-refractivity contribution >= 4 is 15.9 Å². The lowest BCUT2D eigenvalue weighted by molar-refractivity contribution is 0.0730. The van der Waals surface area contributed by atoms with Crippen LogP contribution in [0, 0.1) is 5.82 Å². The largest absolute Gasteiger partial charge is 0.334 e. The molecule has 0 spiro atoms. The van der Waals surface area contributed by atoms with Crippen molar-refractivity contribution in [3.05, 3.63) is 65.0 Å². The lowest BCUT2D eigenvalue weighted by Gasteiger charge is -2.29. The molecule has 0 aliphatic carbocycles. The van der Waals surface area contributed by atoms with Crippen molar-refractivity contribution in [2.45, 2.75) is 17.9 Å². The average molecular weight is 362 g/mol. The highest BCUT2D eigenvalue weighted by molar-refractivity contribution is 7.89. The summed E-state index contributed by atoms with van der Waals surface area (Å²) in [5, 5.41) is 0. The van der Waals surface area contributed by atoms with Gasteiger partial charge in [-0.05, 0) is 41.8 Å². The minimum atomic E-state index is -3.54. The quantitative estimate of drug-likeness (QED) is 0.842. The average Bonchev–Trinajstić information content (AvgIpc) is 2.60. The first-order chi connectivity index (χ1) is 11.8. The third-order valence-corrected chi connectivity index (χ3v) is 6.17. The molecule has 1 aliphatic heterocycles. The summed E-state index contributed by atoms with van der Waals surface area (Å²) in [5.74, 6) is -0.938. The molecule has 2 aromatic rings. The Kier molecular flexibility index (Phi) is 4.62. The van der Waals surface area contributed by atoms with Gasteiger partial charge in [0.25, 0.3) is 5.91 Å². The fourth-order valence-electron chi connectivity index (χ4n) is 2.88. The molecule has 25 heavy (non-hydrogen) atoms. The van der Waals surface area contributed by atoms with Crippen molar-refractivity contribution in [2.75, 3.05) is 20.6 Å². The summed E-state index contributed by atoms with van der Waals surface area (Å²) in [4.78, 5) is 14.3. The van der Waals surface area contributed by atoms with Crippen LogP contribution in [0.1, 0.15) is 21.5 Å². The number of carbonyl (C=O) groups excluding carboxylic acids is 1. The third kappa shape index (κ3) is 3.29. The monoisotopic (exact) mass is 362 g/mol. The normalized spacial score (nSPS) is 14.5. The molecule has 0 atom stereocenters. The van der Waals surface area contributed by atoms with Gasteiger partial charge in [-0.3, -0.25) is 4.79 Å². The van der Waals surface area contributed by atoms with Gasteiger partial charge in [0.05, 0.1) is 10.5 Å². The summed E-state index contributed by atoms with van der Waals surface area (Å²) < 4.78 is 39.6. The van der Waals surface area contributed by atoms with Gasteiger partial charge in [-0.15, -0.1) is 0 Å². The molecule has 5 nitrogen and oxygen atoms in total. The summed E-state index contributed by atoms with van der Waals surface area (Å²) in [7, 11) is -0.587. The Morgan fingerprint density at radius 1 is 1.12 bits per heavy atom. The van der Waals surface area contributed by atoms with Crippen LogP contribution in [0.25, 0.3) is 0 Å². The van der Waals surface area contributed by atoms with Crippen LogP contribution in [0.15, 0.2) is 47.4 Å². The molecule has 0 bridgehead atoms. The van der Waals surface area contributed by atoms with Gasteiger partial charge in [0.1, 0.15) is 5.82 Å². The van der Waals surface area contributed by atoms with Crippen molar-refractivity contribution in [3.8, 4) is 0 Å². The molecule has 0 unspecified atom stereocenters. The molecular weight excluding hydrogens is 343 g/mol. The zero-order valence-electron chi connectivity index (χ0n) is 14.1. The molecule has 0 saturated carbocycles. The van der Waals surface area contributed by atoms with Crippen LogP contribution in [0.4, 0.5) is 4.39 Å². The zero-order valence-corrected chi connectivity index (χ0v) is 14.9. The lowest BCUT2D eigenvalue weighted by Crippen LogP contribution is -2.36. The van der Waals surface area contributed by atoms with Crippen molar-refractivity contribution in [2.24, 2.45) is 0 Å². The summed E-state index contributed by atoms with van der Waals surface area (Å²) in [5.41, 5.74) is 1.82. The highest BCUT2D eigenvalue weighted by Crippen LogP contribution is 2.25. The molecular formula is C18H19FN2O3S. The van der Waals surface area contributed by atoms with E-state index in [0.29, 0.717) is 13.0 Å². The summed E-state index contributed by atoms with van der Waals surface area (Å²) >= 11 is 0. The molecule has 1 aliphatic rings. The van der Waals surface area contributed by atoms with E-state index in [-0.39, 0.29) is 22.9 Å². The van der Waals surface area contributed by atoms with E-state index in [9.17, 15) is 17.6 Å². The molecule has 0 radical (unpaired) electrons. The van der Waals surface area contributed by atoms with E-state index in [0.717, 1.165) is 15.4 Å². The standard InChI is InChI=1S/C18H19FN2O3S/c1-20(2)25(23,24)15-8-7-13-9-10-21(12-14(13)11-15)18(22)16-5-3-4-6-17(16)19/h3-8,11H,9-10,12H2,1-2H3. The molecule has 7 heteroatoms. The van der Waals surface area contributed by atoms with E-state index >= 15 is 0 Å². The van der Waals surface area contributed by atoms with Crippen molar-refractivity contribution in [1.29, 1.82) is 0 Å². The Morgan fingerprint density at radius 3 is 2.52 bits per heavy atom. The minimum absolute atomic E-state index is 0.0306. The second-order valence-electron chi connectivity index (χ2n) is 6.17. The van der Waals surface area contributed by atoms with Gasteiger partial charge in [-0.1, -0.05) is 18.2 Å². The Balaban J connectivity index is 1.90. The Morgan fingerprint density at radius 2 is 1.84 bits per heavy atom. The SMILES string of the molecule is CN(C)S(=O)(=O)c1ccc2c(c1)CN(C(=O)c1ccccc1F)CC2. The predicted octanol–water partition coefficient (Wildman–Crippen LogP) is 2.27. The Hall–Kier alpha value is -2.25. The van der Waals surface area contributed by atoms with Crippen molar-refractivity contribution in [1.82, 2.24) is 9.21 Å². The van der Waals surface area contributed by atoms with E-state index in [4.69, 9.17) is 0 Å². The maximum absolute atomic E-state index is 13.9. The molecule has 0 fully saturated rings. The number of sulfonamides is 1. The number of fused-ring (bicyclic) bond motifs is 1. The molecule has 1 amide bonds. The number of rotatable bonds is 3. The van der Waals surface area contributed by atoms with Crippen LogP contribution < -0.4 is 0 Å². The van der Waals surface area contributed by atoms with Gasteiger partial charge in [-0.2, -0.15) is 0 Å². The second-order valence-corrected chi connectivity index (χ2v) is 8.33. The van der Waals surface area contributed by atoms with Gasteiger partial charge in [0, 0.05) is 27.2 Å². The first-order valence-corrected chi connectivity index (χ1v) is 9.33. The first kappa shape index (κ1) is 17.6. The van der Waals surface area contributed by atoms with Crippen LogP contribution in [0.2, 0.25) is 0 Å². The van der Waals surface area contributed by atoms with E-state index < -0.39 is 15.8 Å². The van der Waals surface area contributed by atoms with E-state index in [1.165, 1.54) is 32.3 Å². The smallest absolute Gasteiger partial charge is 0.257 e. The van der Waals surface area contributed by atoms with Crippen molar-refractivity contribution < 1.29 is 17.6 Å². The summed E-state index contributed by atoms with van der Waals surface area (Å²) in [6.45, 7) is 0.735. The maximum atomic E-state index is 13.9. The number of hydrogen-bond donors (Lipinski definition) is 0. The van der Waals surface area contributed by atoms with Crippen LogP contribution in [0.3, 0.4) is 0 Å². The summed E-state index contributed by atoms with van der Waals surface area (Å²) in [6, 6.07) is 10.9. The molecule has 1 heterocycles. The van der Waals surface area contributed by atoms with Crippen LogP contribution in [-0.2, 0) is 23.0 Å². The minimum Gasteiger partial charge on any atom is -0.334 e. The number of amides is 1. The lowest BCUT2D eigenvalue weighted by atomic mass is 9.99. The second kappa shape index (κ2) is 6.57. The number of carbonyl (C=O) groups is 1. The van der Waals surface area contributed by atoms with Crippen LogP contribution in [0.5, 0.6) is 0 Å². The topological polar surface area (TPSA) is 57.7 Å². The molecule has 0 aromatic heterocycles. The van der Waals surface area contributed by atoms with Crippen LogP contribution in [-0.4, -0.2) is 44.2 Å². The van der Waals surface area contributed by atoms with Gasteiger partial charge >= 0.3 is 0 Å². The summed E-state index contributed by atoms with van der Waals surface area (Å²) in [6.07, 6.45) is 0.609. The zero-order chi connectivity index (χ0) is 18.2. The van der Waals surface area contributed by atoms with E-state index in [1.54, 1.807) is 29.2 Å². The van der Waals surface area contributed by atoms with Crippen molar-refractivity contribution in [3.63, 3.8) is 0 Å². The van der Waals surface area contributed by atoms with Gasteiger partial charge in [-0.25, -0.2) is 17.1 Å². The predicted molar refractivity (Wildman–Crippen MR) is 92.2 cm³/mol. The van der Waals surface area contributed by atoms with Gasteiger partial charge in [0.2, 0.25) is 10.0 Å². The number of halogens is 1. The first-order valence-electron chi connectivity index (χ1n) is 7.89. The highest BCUT2D eigenvalue weighted by Gasteiger charge is 2.25. The van der Waals surface area contributed by atoms with E-state index in [2.05, 4.69) is 0 Å². The number of benzene rings is 2. The van der Waals surface area contributed by atoms with Crippen LogP contribution >= 0.6 is 0 Å². The Labute approximate surface area is 146 Å². The number of hydrogen-bond acceptors (Lipinski definition) is 3. The van der Waals surface area contributed by atoms with Gasteiger partial charge < -0.3 is 4.90 Å². The fourth-order valence-corrected chi connectivity index (χ4v) is 3.84. The molecule has 2 aromatic carbocycles. The Bertz CT molecular complexity index is 926. The molecule has 3 rings (SSSR count). The fraction of sp³-hybridized carbons (Fsp3) is 0.278. The third-order valence-electron chi connectivity index (χ3n) is 4.36. The van der Waals surface area contributed by atoms with E-state index in [1.807, 2.05) is 0 Å². The molecule has 0 saturated heterocycles. The molecule has 0 N–H and O–H groups in total. The highest BCUT2D eigenvalue weighted by atomic mass is 32.2. The maximum Gasteiger partial charge on any atom is 0.257 e.